The number of rotatable bonds is 6. The lowest BCUT2D eigenvalue weighted by Gasteiger charge is -2.34. The quantitative estimate of drug-likeness (QED) is 0.523. The molecule has 0 radical (unpaired) electrons. The summed E-state index contributed by atoms with van der Waals surface area (Å²) in [7, 11) is -3.85. The highest BCUT2D eigenvalue weighted by Gasteiger charge is 2.28. The molecule has 4 rings (SSSR count). The summed E-state index contributed by atoms with van der Waals surface area (Å²) in [6.45, 7) is 3.42. The maximum absolute atomic E-state index is 12.4. The van der Waals surface area contributed by atoms with Gasteiger partial charge in [0.25, 0.3) is 10.1 Å². The number of nitrogens with one attached hydrogen (secondary N) is 1. The molecular weight excluding hydrogens is 432 g/mol. The SMILES string of the molecule is Cc1ccc(S(=O)(=O)OC[C@H]2CN(c3ccc(C4CCC(=O)NC4=O)cc3)CCO2)cc1. The maximum Gasteiger partial charge on any atom is 0.297 e. The second kappa shape index (κ2) is 9.40. The number of hydrogen-bond acceptors (Lipinski definition) is 7. The fourth-order valence-electron chi connectivity index (χ4n) is 3.92. The molecule has 0 spiro atoms. The van der Waals surface area contributed by atoms with E-state index in [-0.39, 0.29) is 29.2 Å². The van der Waals surface area contributed by atoms with E-state index in [4.69, 9.17) is 8.92 Å². The largest absolute Gasteiger partial charge is 0.372 e. The summed E-state index contributed by atoms with van der Waals surface area (Å²) in [6.07, 6.45) is 0.462. The Balaban J connectivity index is 1.36. The van der Waals surface area contributed by atoms with E-state index in [0.29, 0.717) is 32.5 Å². The topological polar surface area (TPSA) is 102 Å². The minimum atomic E-state index is -3.85. The van der Waals surface area contributed by atoms with Crippen LogP contribution in [0.25, 0.3) is 0 Å². The number of nitrogens with zero attached hydrogens (tertiary/aromatic N) is 1. The van der Waals surface area contributed by atoms with Crippen LogP contribution in [-0.4, -0.2) is 52.6 Å². The van der Waals surface area contributed by atoms with Gasteiger partial charge in [-0.1, -0.05) is 29.8 Å². The molecule has 9 heteroatoms. The lowest BCUT2D eigenvalue weighted by Crippen LogP contribution is -2.44. The fourth-order valence-corrected chi connectivity index (χ4v) is 4.86. The number of carbonyl (C=O) groups excluding carboxylic acids is 2. The Labute approximate surface area is 187 Å². The van der Waals surface area contributed by atoms with Crippen LogP contribution in [0.3, 0.4) is 0 Å². The van der Waals surface area contributed by atoms with E-state index in [9.17, 15) is 18.0 Å². The highest BCUT2D eigenvalue weighted by atomic mass is 32.2. The first kappa shape index (κ1) is 22.4. The van der Waals surface area contributed by atoms with Crippen molar-refractivity contribution in [2.45, 2.75) is 36.7 Å². The van der Waals surface area contributed by atoms with Crippen molar-refractivity contribution < 1.29 is 26.9 Å². The molecule has 2 saturated heterocycles. The Morgan fingerprint density at radius 3 is 2.50 bits per heavy atom. The molecule has 2 aromatic carbocycles. The monoisotopic (exact) mass is 458 g/mol. The predicted molar refractivity (Wildman–Crippen MR) is 118 cm³/mol. The summed E-state index contributed by atoms with van der Waals surface area (Å²) in [5.74, 6) is -0.805. The summed E-state index contributed by atoms with van der Waals surface area (Å²) in [4.78, 5) is 25.7. The number of benzene rings is 2. The molecule has 2 amide bonds. The van der Waals surface area contributed by atoms with Crippen molar-refractivity contribution >= 4 is 27.6 Å². The van der Waals surface area contributed by atoms with Gasteiger partial charge in [-0.05, 0) is 43.2 Å². The summed E-state index contributed by atoms with van der Waals surface area (Å²) in [5, 5.41) is 2.38. The van der Waals surface area contributed by atoms with Gasteiger partial charge < -0.3 is 9.64 Å². The van der Waals surface area contributed by atoms with E-state index in [2.05, 4.69) is 10.2 Å². The molecule has 170 valence electrons. The average molecular weight is 459 g/mol. The van der Waals surface area contributed by atoms with E-state index in [1.54, 1.807) is 12.1 Å². The molecule has 2 fully saturated rings. The summed E-state index contributed by atoms with van der Waals surface area (Å²) < 4.78 is 35.8. The van der Waals surface area contributed by atoms with E-state index >= 15 is 0 Å². The summed E-state index contributed by atoms with van der Waals surface area (Å²) >= 11 is 0. The Hall–Kier alpha value is -2.75. The van der Waals surface area contributed by atoms with Crippen LogP contribution in [0.4, 0.5) is 5.69 Å². The van der Waals surface area contributed by atoms with Gasteiger partial charge in [0.05, 0.1) is 30.1 Å². The molecule has 2 heterocycles. The minimum absolute atomic E-state index is 0.0684. The minimum Gasteiger partial charge on any atom is -0.372 e. The molecule has 0 saturated carbocycles. The third-order valence-corrected chi connectivity index (χ3v) is 7.05. The molecule has 2 atom stereocenters. The number of piperidine rings is 1. The van der Waals surface area contributed by atoms with Crippen molar-refractivity contribution in [2.24, 2.45) is 0 Å². The summed E-state index contributed by atoms with van der Waals surface area (Å²) in [5.41, 5.74) is 2.80. The number of ether oxygens (including phenoxy) is 1. The Morgan fingerprint density at radius 2 is 1.81 bits per heavy atom. The van der Waals surface area contributed by atoms with E-state index in [1.807, 2.05) is 31.2 Å². The van der Waals surface area contributed by atoms with Gasteiger partial charge in [0.15, 0.2) is 0 Å². The van der Waals surface area contributed by atoms with Crippen LogP contribution in [0.2, 0.25) is 0 Å². The number of morpholine rings is 1. The predicted octanol–water partition coefficient (Wildman–Crippen LogP) is 2.13. The molecule has 0 bridgehead atoms. The Kier molecular flexibility index (Phi) is 6.59. The van der Waals surface area contributed by atoms with Gasteiger partial charge in [-0.2, -0.15) is 8.42 Å². The van der Waals surface area contributed by atoms with Crippen molar-refractivity contribution in [1.82, 2.24) is 5.32 Å². The van der Waals surface area contributed by atoms with E-state index in [0.717, 1.165) is 16.8 Å². The molecule has 2 aliphatic heterocycles. The number of carbonyl (C=O) groups is 2. The number of anilines is 1. The fraction of sp³-hybridized carbons (Fsp3) is 0.391. The van der Waals surface area contributed by atoms with Crippen LogP contribution >= 0.6 is 0 Å². The number of hydrogen-bond donors (Lipinski definition) is 1. The Bertz CT molecular complexity index is 1080. The summed E-state index contributed by atoms with van der Waals surface area (Å²) in [6, 6.07) is 14.2. The second-order valence-electron chi connectivity index (χ2n) is 8.09. The third kappa shape index (κ3) is 5.17. The smallest absolute Gasteiger partial charge is 0.297 e. The van der Waals surface area contributed by atoms with Crippen molar-refractivity contribution in [1.29, 1.82) is 0 Å². The van der Waals surface area contributed by atoms with Gasteiger partial charge >= 0.3 is 0 Å². The van der Waals surface area contributed by atoms with Crippen molar-refractivity contribution in [2.75, 3.05) is 31.2 Å². The van der Waals surface area contributed by atoms with Crippen LogP contribution in [0, 0.1) is 6.92 Å². The molecule has 32 heavy (non-hydrogen) atoms. The molecule has 2 aromatic rings. The first-order chi connectivity index (χ1) is 15.3. The van der Waals surface area contributed by atoms with Crippen LogP contribution in [0.15, 0.2) is 53.4 Å². The van der Waals surface area contributed by atoms with Gasteiger partial charge in [-0.25, -0.2) is 0 Å². The van der Waals surface area contributed by atoms with Gasteiger partial charge in [-0.3, -0.25) is 19.1 Å². The van der Waals surface area contributed by atoms with Gasteiger partial charge in [0, 0.05) is 25.2 Å². The molecule has 8 nitrogen and oxygen atoms in total. The molecule has 2 aliphatic rings. The average Bonchev–Trinajstić information content (AvgIpc) is 2.79. The Morgan fingerprint density at radius 1 is 1.09 bits per heavy atom. The van der Waals surface area contributed by atoms with Crippen LogP contribution in [-0.2, 0) is 28.6 Å². The zero-order valence-electron chi connectivity index (χ0n) is 17.8. The first-order valence-electron chi connectivity index (χ1n) is 10.6. The van der Waals surface area contributed by atoms with E-state index < -0.39 is 16.2 Å². The zero-order valence-corrected chi connectivity index (χ0v) is 18.6. The van der Waals surface area contributed by atoms with Crippen molar-refractivity contribution in [3.8, 4) is 0 Å². The first-order valence-corrected chi connectivity index (χ1v) is 12.0. The molecular formula is C23H26N2O6S. The lowest BCUT2D eigenvalue weighted by atomic mass is 9.90. The maximum atomic E-state index is 12.4. The number of amides is 2. The highest BCUT2D eigenvalue weighted by molar-refractivity contribution is 7.86. The second-order valence-corrected chi connectivity index (χ2v) is 9.70. The van der Waals surface area contributed by atoms with Crippen LogP contribution in [0.1, 0.15) is 29.9 Å². The lowest BCUT2D eigenvalue weighted by molar-refractivity contribution is -0.134. The molecule has 1 unspecified atom stereocenters. The van der Waals surface area contributed by atoms with Crippen molar-refractivity contribution in [3.05, 3.63) is 59.7 Å². The molecule has 1 N–H and O–H groups in total. The van der Waals surface area contributed by atoms with Crippen LogP contribution < -0.4 is 10.2 Å². The van der Waals surface area contributed by atoms with Gasteiger partial charge in [0.2, 0.25) is 11.8 Å². The normalized spacial score (nSPS) is 22.0. The standard InChI is InChI=1S/C23H26N2O6S/c1-16-2-8-20(9-3-16)32(28,29)31-15-19-14-25(12-13-30-19)18-6-4-17(5-7-18)21-10-11-22(26)24-23(21)27/h2-9,19,21H,10-15H2,1H3,(H,24,26,27)/t19-,21?/m1/s1. The zero-order chi connectivity index (χ0) is 22.7. The number of aryl methyl sites for hydroxylation is 1. The van der Waals surface area contributed by atoms with Gasteiger partial charge in [-0.15, -0.1) is 0 Å². The van der Waals surface area contributed by atoms with Crippen LogP contribution in [0.5, 0.6) is 0 Å². The van der Waals surface area contributed by atoms with Crippen molar-refractivity contribution in [3.63, 3.8) is 0 Å². The van der Waals surface area contributed by atoms with Gasteiger partial charge in [0.1, 0.15) is 0 Å². The highest BCUT2D eigenvalue weighted by Crippen LogP contribution is 2.27. The molecule has 0 aliphatic carbocycles. The number of imide groups is 1. The third-order valence-electron chi connectivity index (χ3n) is 5.76. The molecule has 0 aromatic heterocycles. The van der Waals surface area contributed by atoms with E-state index in [1.165, 1.54) is 12.1 Å².